The number of nitrogens with one attached hydrogen (secondary N) is 1. The van der Waals surface area contributed by atoms with E-state index < -0.39 is 22.4 Å². The van der Waals surface area contributed by atoms with E-state index in [1.807, 2.05) is 0 Å². The van der Waals surface area contributed by atoms with Gasteiger partial charge in [-0.2, -0.15) is 13.2 Å². The van der Waals surface area contributed by atoms with Gasteiger partial charge in [-0.3, -0.25) is 10.1 Å². The van der Waals surface area contributed by atoms with Crippen LogP contribution in [-0.4, -0.2) is 11.5 Å². The van der Waals surface area contributed by atoms with Crippen LogP contribution in [0.3, 0.4) is 0 Å². The number of nitrogens with zero attached hydrogens (tertiary/aromatic N) is 1. The molecule has 4 nitrogen and oxygen atoms in total. The van der Waals surface area contributed by atoms with Crippen molar-refractivity contribution in [1.29, 1.82) is 0 Å². The van der Waals surface area contributed by atoms with Crippen LogP contribution in [0.5, 0.6) is 0 Å². The molecule has 1 aromatic rings. The molecule has 0 aliphatic heterocycles. The molecule has 0 radical (unpaired) electrons. The molecule has 1 aliphatic carbocycles. The van der Waals surface area contributed by atoms with Crippen molar-refractivity contribution in [3.8, 4) is 0 Å². The number of nitro groups is 1. The van der Waals surface area contributed by atoms with E-state index in [0.29, 0.717) is 12.6 Å². The van der Waals surface area contributed by atoms with Gasteiger partial charge in [-0.15, -0.1) is 0 Å². The molecule has 0 heterocycles. The molecule has 0 saturated carbocycles. The minimum atomic E-state index is -4.59. The molecular weight excluding hydrogens is 285 g/mol. The Morgan fingerprint density at radius 1 is 1.33 bits per heavy atom. The number of nitro benzene ring substituents is 1. The van der Waals surface area contributed by atoms with Gasteiger partial charge in [0, 0.05) is 12.6 Å². The number of hydrogen-bond acceptors (Lipinski definition) is 3. The predicted molar refractivity (Wildman–Crippen MR) is 73.1 cm³/mol. The van der Waals surface area contributed by atoms with Crippen LogP contribution in [0.1, 0.15) is 31.2 Å². The lowest BCUT2D eigenvalue weighted by molar-refractivity contribution is -0.384. The maximum absolute atomic E-state index is 12.6. The van der Waals surface area contributed by atoms with E-state index >= 15 is 0 Å². The highest BCUT2D eigenvalue weighted by Crippen LogP contribution is 2.35. The minimum absolute atomic E-state index is 0.117. The fraction of sp³-hybridized carbons (Fsp3) is 0.429. The maximum atomic E-state index is 12.6. The van der Waals surface area contributed by atoms with E-state index in [-0.39, 0.29) is 5.69 Å². The first-order valence-electron chi connectivity index (χ1n) is 6.65. The monoisotopic (exact) mass is 300 g/mol. The second kappa shape index (κ2) is 6.15. The second-order valence-corrected chi connectivity index (χ2v) is 4.92. The lowest BCUT2D eigenvalue weighted by Crippen LogP contribution is -2.09. The molecule has 0 bridgehead atoms. The number of halogens is 3. The Kier molecular flexibility index (Phi) is 4.50. The van der Waals surface area contributed by atoms with Crippen LogP contribution in [0.2, 0.25) is 0 Å². The van der Waals surface area contributed by atoms with Gasteiger partial charge < -0.3 is 5.32 Å². The summed E-state index contributed by atoms with van der Waals surface area (Å²) < 4.78 is 37.7. The first kappa shape index (κ1) is 15.3. The fourth-order valence-corrected chi connectivity index (χ4v) is 2.33. The lowest BCUT2D eigenvalue weighted by atomic mass is 10.1. The van der Waals surface area contributed by atoms with Gasteiger partial charge in [0.1, 0.15) is 5.69 Å². The molecule has 1 aromatic carbocycles. The van der Waals surface area contributed by atoms with Crippen molar-refractivity contribution in [1.82, 2.24) is 0 Å². The summed E-state index contributed by atoms with van der Waals surface area (Å²) in [5.41, 5.74) is -0.160. The Hall–Kier alpha value is -2.05. The highest BCUT2D eigenvalue weighted by atomic mass is 19.4. The van der Waals surface area contributed by atoms with Crippen molar-refractivity contribution < 1.29 is 18.1 Å². The minimum Gasteiger partial charge on any atom is -0.379 e. The van der Waals surface area contributed by atoms with Crippen molar-refractivity contribution in [2.45, 2.75) is 31.9 Å². The van der Waals surface area contributed by atoms with Crippen molar-refractivity contribution in [3.05, 3.63) is 45.5 Å². The molecule has 0 aromatic heterocycles. The van der Waals surface area contributed by atoms with Crippen molar-refractivity contribution in [3.63, 3.8) is 0 Å². The SMILES string of the molecule is O=[N+]([O-])c1cc(C(F)(F)F)ccc1NCCC1=CCCC1. The number of allylic oxidation sites excluding steroid dienone is 1. The average molecular weight is 300 g/mol. The quantitative estimate of drug-likeness (QED) is 0.494. The smallest absolute Gasteiger partial charge is 0.379 e. The zero-order chi connectivity index (χ0) is 15.5. The van der Waals surface area contributed by atoms with Crippen molar-refractivity contribution in [2.75, 3.05) is 11.9 Å². The highest BCUT2D eigenvalue weighted by Gasteiger charge is 2.32. The third kappa shape index (κ3) is 3.96. The van der Waals surface area contributed by atoms with Gasteiger partial charge in [0.25, 0.3) is 5.69 Å². The summed E-state index contributed by atoms with van der Waals surface area (Å²) in [7, 11) is 0. The van der Waals surface area contributed by atoms with E-state index in [1.54, 1.807) is 0 Å². The van der Waals surface area contributed by atoms with Crippen LogP contribution in [0.15, 0.2) is 29.8 Å². The normalized spacial score (nSPS) is 14.9. The molecule has 0 atom stereocenters. The first-order valence-corrected chi connectivity index (χ1v) is 6.65. The van der Waals surface area contributed by atoms with Crippen LogP contribution in [0, 0.1) is 10.1 Å². The lowest BCUT2D eigenvalue weighted by Gasteiger charge is -2.10. The van der Waals surface area contributed by atoms with Gasteiger partial charge in [-0.25, -0.2) is 0 Å². The van der Waals surface area contributed by atoms with Gasteiger partial charge in [-0.1, -0.05) is 11.6 Å². The third-order valence-corrected chi connectivity index (χ3v) is 3.42. The van der Waals surface area contributed by atoms with Crippen LogP contribution >= 0.6 is 0 Å². The molecule has 0 amide bonds. The van der Waals surface area contributed by atoms with Crippen LogP contribution < -0.4 is 5.32 Å². The third-order valence-electron chi connectivity index (χ3n) is 3.42. The van der Waals surface area contributed by atoms with Gasteiger partial charge in [-0.05, 0) is 37.8 Å². The molecule has 0 fully saturated rings. The Bertz CT molecular complexity index is 568. The largest absolute Gasteiger partial charge is 0.416 e. The highest BCUT2D eigenvalue weighted by molar-refractivity contribution is 5.63. The standard InChI is InChI=1S/C14H15F3N2O2/c15-14(16,17)11-5-6-12(13(9-11)19(20)21)18-8-7-10-3-1-2-4-10/h3,5-6,9,18H,1-2,4,7-8H2. The fourth-order valence-electron chi connectivity index (χ4n) is 2.33. The van der Waals surface area contributed by atoms with E-state index in [9.17, 15) is 23.3 Å². The zero-order valence-electron chi connectivity index (χ0n) is 11.2. The molecule has 0 unspecified atom stereocenters. The Balaban J connectivity index is 2.09. The number of anilines is 1. The van der Waals surface area contributed by atoms with Gasteiger partial charge in [0.15, 0.2) is 0 Å². The average Bonchev–Trinajstić information content (AvgIpc) is 2.90. The summed E-state index contributed by atoms with van der Waals surface area (Å²) in [5, 5.41) is 13.8. The van der Waals surface area contributed by atoms with Crippen LogP contribution in [0.4, 0.5) is 24.5 Å². The summed E-state index contributed by atoms with van der Waals surface area (Å²) in [5.74, 6) is 0. The Labute approximate surface area is 119 Å². The van der Waals surface area contributed by atoms with Gasteiger partial charge >= 0.3 is 6.18 Å². The second-order valence-electron chi connectivity index (χ2n) is 4.92. The van der Waals surface area contributed by atoms with E-state index in [1.165, 1.54) is 5.57 Å². The molecule has 7 heteroatoms. The summed E-state index contributed by atoms with van der Waals surface area (Å²) in [6.45, 7) is 0.470. The van der Waals surface area contributed by atoms with E-state index in [0.717, 1.165) is 37.8 Å². The molecule has 114 valence electrons. The van der Waals surface area contributed by atoms with Gasteiger partial charge in [0.2, 0.25) is 0 Å². The maximum Gasteiger partial charge on any atom is 0.416 e. The first-order chi connectivity index (χ1) is 9.88. The summed E-state index contributed by atoms with van der Waals surface area (Å²) in [6.07, 6.45) is 1.50. The zero-order valence-corrected chi connectivity index (χ0v) is 11.2. The van der Waals surface area contributed by atoms with E-state index in [2.05, 4.69) is 11.4 Å². The summed E-state index contributed by atoms with van der Waals surface area (Å²) in [4.78, 5) is 10.1. The van der Waals surface area contributed by atoms with Gasteiger partial charge in [0.05, 0.1) is 10.5 Å². The molecule has 21 heavy (non-hydrogen) atoms. The molecule has 1 aliphatic rings. The molecule has 1 N–H and O–H groups in total. The number of hydrogen-bond donors (Lipinski definition) is 1. The van der Waals surface area contributed by atoms with Crippen LogP contribution in [0.25, 0.3) is 0 Å². The van der Waals surface area contributed by atoms with E-state index in [4.69, 9.17) is 0 Å². The molecule has 0 spiro atoms. The van der Waals surface area contributed by atoms with Crippen molar-refractivity contribution in [2.24, 2.45) is 0 Å². The van der Waals surface area contributed by atoms with Crippen molar-refractivity contribution >= 4 is 11.4 Å². The number of rotatable bonds is 5. The molecule has 2 rings (SSSR count). The number of alkyl halides is 3. The Morgan fingerprint density at radius 2 is 2.10 bits per heavy atom. The molecule has 0 saturated heterocycles. The topological polar surface area (TPSA) is 55.2 Å². The molecular formula is C14H15F3N2O2. The summed E-state index contributed by atoms with van der Waals surface area (Å²) >= 11 is 0. The number of benzene rings is 1. The van der Waals surface area contributed by atoms with Crippen LogP contribution in [-0.2, 0) is 6.18 Å². The predicted octanol–water partition coefficient (Wildman–Crippen LogP) is 4.53. The Morgan fingerprint density at radius 3 is 2.67 bits per heavy atom. The summed E-state index contributed by atoms with van der Waals surface area (Å²) in [6, 6.07) is 2.53.